The summed E-state index contributed by atoms with van der Waals surface area (Å²) in [4.78, 5) is 15.3. The van der Waals surface area contributed by atoms with Gasteiger partial charge in [-0.1, -0.05) is 0 Å². The van der Waals surface area contributed by atoms with Gasteiger partial charge < -0.3 is 14.5 Å². The maximum atomic E-state index is 13.1. The number of likely N-dealkylation sites (tertiary alicyclic amines) is 1. The first-order valence-electron chi connectivity index (χ1n) is 9.49. The van der Waals surface area contributed by atoms with Crippen molar-refractivity contribution in [2.45, 2.75) is 31.8 Å². The van der Waals surface area contributed by atoms with Crippen LogP contribution in [0.15, 0.2) is 22.6 Å². The summed E-state index contributed by atoms with van der Waals surface area (Å²) < 4.78 is 11.2. The molecule has 1 saturated carbocycles. The number of rotatable bonds is 6. The number of hydrogen-bond acceptors (Lipinski definition) is 5. The number of carbonyl (C=O) groups is 1. The number of aromatic nitrogens is 2. The molecule has 2 aromatic heterocycles. The van der Waals surface area contributed by atoms with Gasteiger partial charge in [0.25, 0.3) is 0 Å². The van der Waals surface area contributed by atoms with Gasteiger partial charge >= 0.3 is 0 Å². The molecule has 8 heteroatoms. The van der Waals surface area contributed by atoms with Crippen LogP contribution in [0.2, 0.25) is 5.22 Å². The zero-order valence-corrected chi connectivity index (χ0v) is 15.8. The molecule has 3 aliphatic rings. The topological polar surface area (TPSA) is 83.4 Å². The molecule has 0 aromatic carbocycles. The quantitative estimate of drug-likeness (QED) is 0.790. The highest BCUT2D eigenvalue weighted by atomic mass is 35.5. The number of aromatic amines is 1. The van der Waals surface area contributed by atoms with Crippen LogP contribution in [0.25, 0.3) is 0 Å². The van der Waals surface area contributed by atoms with E-state index in [1.54, 1.807) is 6.07 Å². The monoisotopic (exact) mass is 390 g/mol. The van der Waals surface area contributed by atoms with Gasteiger partial charge in [0, 0.05) is 24.9 Å². The zero-order chi connectivity index (χ0) is 18.4. The molecule has 2 N–H and O–H groups in total. The van der Waals surface area contributed by atoms with Gasteiger partial charge in [0.1, 0.15) is 5.76 Å². The van der Waals surface area contributed by atoms with Gasteiger partial charge in [0.2, 0.25) is 5.91 Å². The van der Waals surface area contributed by atoms with Crippen LogP contribution in [-0.2, 0) is 22.6 Å². The Balaban J connectivity index is 1.23. The Hall–Kier alpha value is -1.83. The molecule has 0 radical (unpaired) electrons. The molecule has 2 aromatic rings. The number of H-pyrrole nitrogens is 1. The van der Waals surface area contributed by atoms with Crippen LogP contribution in [0.1, 0.15) is 35.9 Å². The predicted molar refractivity (Wildman–Crippen MR) is 98.1 cm³/mol. The van der Waals surface area contributed by atoms with Crippen LogP contribution in [0.5, 0.6) is 0 Å². The van der Waals surface area contributed by atoms with Crippen molar-refractivity contribution >= 4 is 17.5 Å². The summed E-state index contributed by atoms with van der Waals surface area (Å²) in [6, 6.07) is 5.70. The van der Waals surface area contributed by atoms with E-state index in [-0.39, 0.29) is 11.8 Å². The fourth-order valence-electron chi connectivity index (χ4n) is 4.35. The van der Waals surface area contributed by atoms with Crippen LogP contribution >= 0.6 is 11.6 Å². The molecule has 3 fully saturated rings. The standard InChI is InChI=1S/C19H23ClN4O3/c20-17-4-3-15(27-17)8-24-7-13-9-26-11-19(13,10-24)18(25)21-6-14-5-16(23-22-14)12-1-2-12/h3-5,12-13H,1-2,6-11H2,(H,21,25)(H,22,23)/t13-,19-/m1/s1. The minimum absolute atomic E-state index is 0.0625. The van der Waals surface area contributed by atoms with Crippen molar-refractivity contribution in [2.24, 2.45) is 11.3 Å². The summed E-state index contributed by atoms with van der Waals surface area (Å²) >= 11 is 5.87. The maximum Gasteiger partial charge on any atom is 0.230 e. The smallest absolute Gasteiger partial charge is 0.230 e. The third-order valence-electron chi connectivity index (χ3n) is 5.99. The predicted octanol–water partition coefficient (Wildman–Crippen LogP) is 2.30. The molecule has 2 aliphatic heterocycles. The van der Waals surface area contributed by atoms with Crippen molar-refractivity contribution < 1.29 is 13.9 Å². The minimum atomic E-state index is -0.490. The van der Waals surface area contributed by atoms with Crippen molar-refractivity contribution in [3.8, 4) is 0 Å². The Morgan fingerprint density at radius 2 is 2.33 bits per heavy atom. The van der Waals surface area contributed by atoms with Crippen LogP contribution in [0.3, 0.4) is 0 Å². The van der Waals surface area contributed by atoms with E-state index in [9.17, 15) is 4.79 Å². The van der Waals surface area contributed by atoms with Gasteiger partial charge in [-0.25, -0.2) is 0 Å². The van der Waals surface area contributed by atoms with Gasteiger partial charge in [0.15, 0.2) is 5.22 Å². The van der Waals surface area contributed by atoms with Gasteiger partial charge in [0.05, 0.1) is 43.1 Å². The lowest BCUT2D eigenvalue weighted by molar-refractivity contribution is -0.131. The van der Waals surface area contributed by atoms with E-state index < -0.39 is 5.41 Å². The summed E-state index contributed by atoms with van der Waals surface area (Å²) in [6.45, 7) is 3.71. The Labute approximate surface area is 162 Å². The van der Waals surface area contributed by atoms with Crippen molar-refractivity contribution in [1.82, 2.24) is 20.4 Å². The second-order valence-electron chi connectivity index (χ2n) is 8.02. The Morgan fingerprint density at radius 1 is 1.44 bits per heavy atom. The molecule has 0 bridgehead atoms. The van der Waals surface area contributed by atoms with Gasteiger partial charge in [-0.3, -0.25) is 14.8 Å². The molecule has 0 spiro atoms. The SMILES string of the molecule is O=C(NCc1cc(C2CC2)n[nH]1)[C@]12COC[C@H]1CN(Cc1ccc(Cl)o1)C2. The maximum absolute atomic E-state index is 13.1. The number of fused-ring (bicyclic) bond motifs is 1. The number of nitrogens with zero attached hydrogens (tertiary/aromatic N) is 2. The largest absolute Gasteiger partial charge is 0.448 e. The number of halogens is 1. The molecule has 1 amide bonds. The molecule has 2 atom stereocenters. The van der Waals surface area contributed by atoms with Crippen LogP contribution < -0.4 is 5.32 Å². The van der Waals surface area contributed by atoms with Crippen molar-refractivity contribution in [3.05, 3.63) is 40.6 Å². The fourth-order valence-corrected chi connectivity index (χ4v) is 4.51. The molecule has 144 valence electrons. The summed E-state index contributed by atoms with van der Waals surface area (Å²) in [7, 11) is 0. The van der Waals surface area contributed by atoms with E-state index in [1.165, 1.54) is 12.8 Å². The number of furan rings is 1. The van der Waals surface area contributed by atoms with Crippen molar-refractivity contribution in [3.63, 3.8) is 0 Å². The molecule has 7 nitrogen and oxygen atoms in total. The number of nitrogens with one attached hydrogen (secondary N) is 2. The van der Waals surface area contributed by atoms with E-state index in [4.69, 9.17) is 20.8 Å². The molecule has 2 saturated heterocycles. The van der Waals surface area contributed by atoms with Crippen LogP contribution in [0.4, 0.5) is 0 Å². The first-order valence-corrected chi connectivity index (χ1v) is 9.87. The van der Waals surface area contributed by atoms with E-state index in [0.717, 1.165) is 23.7 Å². The molecule has 0 unspecified atom stereocenters. The lowest BCUT2D eigenvalue weighted by Gasteiger charge is -2.25. The highest BCUT2D eigenvalue weighted by Crippen LogP contribution is 2.42. The van der Waals surface area contributed by atoms with E-state index in [1.807, 2.05) is 6.07 Å². The first-order chi connectivity index (χ1) is 13.1. The summed E-state index contributed by atoms with van der Waals surface area (Å²) in [6.07, 6.45) is 2.44. The second-order valence-corrected chi connectivity index (χ2v) is 8.39. The third-order valence-corrected chi connectivity index (χ3v) is 6.19. The average molecular weight is 391 g/mol. The minimum Gasteiger partial charge on any atom is -0.448 e. The number of ether oxygens (including phenoxy) is 1. The number of hydrogen-bond donors (Lipinski definition) is 2. The normalized spacial score (nSPS) is 27.8. The van der Waals surface area contributed by atoms with Gasteiger partial charge in [-0.15, -0.1) is 0 Å². The zero-order valence-electron chi connectivity index (χ0n) is 15.0. The Kier molecular flexibility index (Phi) is 4.26. The molecular weight excluding hydrogens is 368 g/mol. The summed E-state index contributed by atoms with van der Waals surface area (Å²) in [5.41, 5.74) is 1.58. The second kappa shape index (κ2) is 6.65. The van der Waals surface area contributed by atoms with Gasteiger partial charge in [-0.05, 0) is 42.6 Å². The van der Waals surface area contributed by atoms with E-state index in [2.05, 4.69) is 26.5 Å². The highest BCUT2D eigenvalue weighted by molar-refractivity contribution is 6.28. The highest BCUT2D eigenvalue weighted by Gasteiger charge is 2.55. The lowest BCUT2D eigenvalue weighted by Crippen LogP contribution is -2.46. The average Bonchev–Trinajstić information content (AvgIpc) is 2.99. The number of amides is 1. The lowest BCUT2D eigenvalue weighted by atomic mass is 9.80. The number of carbonyl (C=O) groups excluding carboxylic acids is 1. The van der Waals surface area contributed by atoms with Crippen molar-refractivity contribution in [2.75, 3.05) is 26.3 Å². The molecular formula is C19H23ClN4O3. The molecule has 1 aliphatic carbocycles. The van der Waals surface area contributed by atoms with E-state index in [0.29, 0.717) is 44.0 Å². The van der Waals surface area contributed by atoms with Crippen LogP contribution in [-0.4, -0.2) is 47.3 Å². The third kappa shape index (κ3) is 3.28. The summed E-state index contributed by atoms with van der Waals surface area (Å²) in [5.74, 6) is 1.69. The Morgan fingerprint density at radius 3 is 3.11 bits per heavy atom. The summed E-state index contributed by atoms with van der Waals surface area (Å²) in [5, 5.41) is 10.9. The Bertz CT molecular complexity index is 846. The first kappa shape index (κ1) is 17.3. The van der Waals surface area contributed by atoms with Gasteiger partial charge in [-0.2, -0.15) is 5.10 Å². The molecule has 4 heterocycles. The van der Waals surface area contributed by atoms with Crippen LogP contribution in [0, 0.1) is 11.3 Å². The van der Waals surface area contributed by atoms with Crippen molar-refractivity contribution in [1.29, 1.82) is 0 Å². The molecule has 27 heavy (non-hydrogen) atoms. The fraction of sp³-hybridized carbons (Fsp3) is 0.579. The molecule has 5 rings (SSSR count). The van der Waals surface area contributed by atoms with E-state index >= 15 is 0 Å².